The summed E-state index contributed by atoms with van der Waals surface area (Å²) in [6.07, 6.45) is 13.1. The molecule has 1 aliphatic rings. The SMILES string of the molecule is Nc1ccc(NC2CCCCCCC2)c2cnccc12. The van der Waals surface area contributed by atoms with Crippen LogP contribution in [-0.4, -0.2) is 11.0 Å². The van der Waals surface area contributed by atoms with Gasteiger partial charge in [0.25, 0.3) is 0 Å². The largest absolute Gasteiger partial charge is 0.398 e. The summed E-state index contributed by atoms with van der Waals surface area (Å²) in [6.45, 7) is 0. The summed E-state index contributed by atoms with van der Waals surface area (Å²) in [7, 11) is 0. The van der Waals surface area contributed by atoms with Crippen molar-refractivity contribution in [3.8, 4) is 0 Å². The molecule has 20 heavy (non-hydrogen) atoms. The summed E-state index contributed by atoms with van der Waals surface area (Å²) in [5.74, 6) is 0. The second-order valence-corrected chi connectivity index (χ2v) is 5.81. The summed E-state index contributed by atoms with van der Waals surface area (Å²) < 4.78 is 0. The summed E-state index contributed by atoms with van der Waals surface area (Å²) in [5, 5.41) is 5.95. The molecule has 0 aliphatic heterocycles. The minimum absolute atomic E-state index is 0.585. The third-order valence-electron chi connectivity index (χ3n) is 4.32. The number of aromatic nitrogens is 1. The second-order valence-electron chi connectivity index (χ2n) is 5.81. The number of hydrogen-bond donors (Lipinski definition) is 2. The molecule has 1 heterocycles. The second kappa shape index (κ2) is 6.12. The van der Waals surface area contributed by atoms with Crippen molar-refractivity contribution >= 4 is 22.1 Å². The zero-order chi connectivity index (χ0) is 13.8. The number of rotatable bonds is 2. The van der Waals surface area contributed by atoms with Gasteiger partial charge < -0.3 is 11.1 Å². The first kappa shape index (κ1) is 13.2. The Morgan fingerprint density at radius 3 is 2.50 bits per heavy atom. The monoisotopic (exact) mass is 269 g/mol. The third-order valence-corrected chi connectivity index (χ3v) is 4.32. The van der Waals surface area contributed by atoms with Gasteiger partial charge in [0.05, 0.1) is 0 Å². The van der Waals surface area contributed by atoms with E-state index in [0.717, 1.165) is 16.5 Å². The van der Waals surface area contributed by atoms with Crippen LogP contribution in [-0.2, 0) is 0 Å². The first-order valence-electron chi connectivity index (χ1n) is 7.73. The molecule has 1 aromatic carbocycles. The molecule has 0 bridgehead atoms. The lowest BCUT2D eigenvalue weighted by Gasteiger charge is -2.23. The molecule has 0 atom stereocenters. The van der Waals surface area contributed by atoms with Crippen LogP contribution in [0.15, 0.2) is 30.6 Å². The van der Waals surface area contributed by atoms with Crippen molar-refractivity contribution in [1.29, 1.82) is 0 Å². The van der Waals surface area contributed by atoms with E-state index in [1.54, 1.807) is 6.20 Å². The average molecular weight is 269 g/mol. The van der Waals surface area contributed by atoms with E-state index in [1.807, 2.05) is 18.3 Å². The van der Waals surface area contributed by atoms with Crippen LogP contribution in [0.25, 0.3) is 10.8 Å². The fourth-order valence-electron chi connectivity index (χ4n) is 3.16. The van der Waals surface area contributed by atoms with Crippen LogP contribution in [0.3, 0.4) is 0 Å². The average Bonchev–Trinajstić information content (AvgIpc) is 2.44. The summed E-state index contributed by atoms with van der Waals surface area (Å²) in [5.41, 5.74) is 8.05. The van der Waals surface area contributed by atoms with Gasteiger partial charge in [0.1, 0.15) is 0 Å². The van der Waals surface area contributed by atoms with E-state index in [0.29, 0.717) is 6.04 Å². The lowest BCUT2D eigenvalue weighted by atomic mass is 9.96. The van der Waals surface area contributed by atoms with Gasteiger partial charge in [0.2, 0.25) is 0 Å². The van der Waals surface area contributed by atoms with Crippen LogP contribution in [0.4, 0.5) is 11.4 Å². The van der Waals surface area contributed by atoms with Crippen LogP contribution < -0.4 is 11.1 Å². The molecule has 1 saturated carbocycles. The van der Waals surface area contributed by atoms with Gasteiger partial charge in [-0.3, -0.25) is 4.98 Å². The first-order chi connectivity index (χ1) is 9.84. The Bertz CT molecular complexity index is 571. The molecular formula is C17H23N3. The molecule has 0 spiro atoms. The molecule has 2 aromatic rings. The lowest BCUT2D eigenvalue weighted by Crippen LogP contribution is -2.20. The molecule has 3 N–H and O–H groups in total. The molecular weight excluding hydrogens is 246 g/mol. The molecule has 0 amide bonds. The molecule has 1 aliphatic carbocycles. The lowest BCUT2D eigenvalue weighted by molar-refractivity contribution is 0.471. The number of anilines is 2. The molecule has 0 radical (unpaired) electrons. The minimum atomic E-state index is 0.585. The van der Waals surface area contributed by atoms with Crippen LogP contribution in [0.1, 0.15) is 44.9 Å². The van der Waals surface area contributed by atoms with Crippen molar-refractivity contribution in [2.45, 2.75) is 51.0 Å². The fourth-order valence-corrected chi connectivity index (χ4v) is 3.16. The van der Waals surface area contributed by atoms with Gasteiger partial charge >= 0.3 is 0 Å². The highest BCUT2D eigenvalue weighted by molar-refractivity contribution is 6.00. The van der Waals surface area contributed by atoms with Crippen molar-refractivity contribution in [1.82, 2.24) is 4.98 Å². The number of nitrogens with one attached hydrogen (secondary N) is 1. The summed E-state index contributed by atoms with van der Waals surface area (Å²) >= 11 is 0. The van der Waals surface area contributed by atoms with E-state index in [2.05, 4.69) is 16.4 Å². The number of benzene rings is 1. The van der Waals surface area contributed by atoms with Gasteiger partial charge in [-0.1, -0.05) is 32.1 Å². The molecule has 3 rings (SSSR count). The van der Waals surface area contributed by atoms with Gasteiger partial charge in [-0.25, -0.2) is 0 Å². The van der Waals surface area contributed by atoms with Gasteiger partial charge in [0.15, 0.2) is 0 Å². The summed E-state index contributed by atoms with van der Waals surface area (Å²) in [6, 6.07) is 6.67. The number of nitrogen functional groups attached to an aromatic ring is 1. The Hall–Kier alpha value is -1.77. The molecule has 106 valence electrons. The Kier molecular flexibility index (Phi) is 4.05. The highest BCUT2D eigenvalue weighted by atomic mass is 14.9. The summed E-state index contributed by atoms with van der Waals surface area (Å²) in [4.78, 5) is 4.25. The molecule has 1 fully saturated rings. The fraction of sp³-hybridized carbons (Fsp3) is 0.471. The smallest absolute Gasteiger partial charge is 0.0439 e. The highest BCUT2D eigenvalue weighted by Gasteiger charge is 2.13. The van der Waals surface area contributed by atoms with E-state index >= 15 is 0 Å². The maximum atomic E-state index is 6.05. The number of hydrogen-bond acceptors (Lipinski definition) is 3. The standard InChI is InChI=1S/C17H23N3/c18-16-8-9-17(15-12-19-11-10-14(15)16)20-13-6-4-2-1-3-5-7-13/h8-13,20H,1-7,18H2. The van der Waals surface area contributed by atoms with Gasteiger partial charge in [-0.2, -0.15) is 0 Å². The first-order valence-corrected chi connectivity index (χ1v) is 7.73. The molecule has 3 heteroatoms. The minimum Gasteiger partial charge on any atom is -0.398 e. The van der Waals surface area contributed by atoms with E-state index in [1.165, 1.54) is 50.6 Å². The van der Waals surface area contributed by atoms with Crippen LogP contribution >= 0.6 is 0 Å². The van der Waals surface area contributed by atoms with Crippen molar-refractivity contribution in [2.24, 2.45) is 0 Å². The van der Waals surface area contributed by atoms with Crippen molar-refractivity contribution in [3.63, 3.8) is 0 Å². The van der Waals surface area contributed by atoms with Crippen LogP contribution in [0, 0.1) is 0 Å². The molecule has 0 unspecified atom stereocenters. The Balaban J connectivity index is 1.84. The Labute approximate surface area is 120 Å². The topological polar surface area (TPSA) is 50.9 Å². The van der Waals surface area contributed by atoms with Crippen LogP contribution in [0.2, 0.25) is 0 Å². The van der Waals surface area contributed by atoms with E-state index in [4.69, 9.17) is 5.73 Å². The van der Waals surface area contributed by atoms with Crippen LogP contribution in [0.5, 0.6) is 0 Å². The van der Waals surface area contributed by atoms with Gasteiger partial charge in [-0.15, -0.1) is 0 Å². The van der Waals surface area contributed by atoms with E-state index < -0.39 is 0 Å². The predicted molar refractivity (Wildman–Crippen MR) is 85.9 cm³/mol. The maximum Gasteiger partial charge on any atom is 0.0439 e. The zero-order valence-corrected chi connectivity index (χ0v) is 11.9. The van der Waals surface area contributed by atoms with E-state index in [9.17, 15) is 0 Å². The van der Waals surface area contributed by atoms with Crippen molar-refractivity contribution in [3.05, 3.63) is 30.6 Å². The predicted octanol–water partition coefficient (Wildman–Crippen LogP) is 4.34. The number of fused-ring (bicyclic) bond motifs is 1. The van der Waals surface area contributed by atoms with Gasteiger partial charge in [0, 0.05) is 40.6 Å². The highest BCUT2D eigenvalue weighted by Crippen LogP contribution is 2.29. The quantitative estimate of drug-likeness (QED) is 0.797. The number of nitrogens with two attached hydrogens (primary N) is 1. The van der Waals surface area contributed by atoms with E-state index in [-0.39, 0.29) is 0 Å². The van der Waals surface area contributed by atoms with Gasteiger partial charge in [-0.05, 0) is 31.0 Å². The molecule has 3 nitrogen and oxygen atoms in total. The van der Waals surface area contributed by atoms with Crippen molar-refractivity contribution < 1.29 is 0 Å². The normalized spacial score (nSPS) is 17.6. The molecule has 0 saturated heterocycles. The maximum absolute atomic E-state index is 6.05. The third kappa shape index (κ3) is 2.87. The molecule has 1 aromatic heterocycles. The number of nitrogens with zero attached hydrogens (tertiary/aromatic N) is 1. The number of pyridine rings is 1. The Morgan fingerprint density at radius 1 is 0.950 bits per heavy atom. The van der Waals surface area contributed by atoms with Crippen molar-refractivity contribution in [2.75, 3.05) is 11.1 Å². The Morgan fingerprint density at radius 2 is 1.70 bits per heavy atom. The zero-order valence-electron chi connectivity index (χ0n) is 11.9.